The average Bonchev–Trinajstić information content (AvgIpc) is 2.96. The Labute approximate surface area is 141 Å². The number of fused-ring (bicyclic) bond motifs is 1. The molecule has 25 heavy (non-hydrogen) atoms. The highest BCUT2D eigenvalue weighted by Crippen LogP contribution is 2.37. The van der Waals surface area contributed by atoms with E-state index in [9.17, 15) is 8.78 Å². The van der Waals surface area contributed by atoms with Crippen molar-refractivity contribution in [3.05, 3.63) is 42.7 Å². The summed E-state index contributed by atoms with van der Waals surface area (Å²) in [5.74, 6) is 0.784. The zero-order chi connectivity index (χ0) is 18.0. The Morgan fingerprint density at radius 1 is 1.24 bits per heavy atom. The summed E-state index contributed by atoms with van der Waals surface area (Å²) in [6, 6.07) is 7.78. The molecule has 1 aromatic carbocycles. The van der Waals surface area contributed by atoms with E-state index in [1.807, 2.05) is 0 Å². The molecule has 0 atom stereocenters. The van der Waals surface area contributed by atoms with Crippen LogP contribution in [0.3, 0.4) is 0 Å². The Morgan fingerprint density at radius 3 is 2.72 bits per heavy atom. The number of halogens is 2. The second kappa shape index (κ2) is 6.63. The second-order valence-corrected chi connectivity index (χ2v) is 5.02. The first-order chi connectivity index (χ1) is 12.0. The molecule has 0 spiro atoms. The summed E-state index contributed by atoms with van der Waals surface area (Å²) in [6.07, 6.45) is 3.12. The quantitative estimate of drug-likeness (QED) is 0.558. The summed E-state index contributed by atoms with van der Waals surface area (Å²) in [5, 5.41) is 0.713. The molecular formula is C16H15F2N5O2. The molecule has 2 aromatic heterocycles. The maximum absolute atomic E-state index is 12.8. The van der Waals surface area contributed by atoms with Gasteiger partial charge in [0.2, 0.25) is 0 Å². The zero-order valence-electron chi connectivity index (χ0n) is 13.2. The van der Waals surface area contributed by atoms with Crippen LogP contribution in [-0.2, 0) is 0 Å². The Kier molecular flexibility index (Phi) is 4.38. The van der Waals surface area contributed by atoms with E-state index >= 15 is 0 Å². The second-order valence-electron chi connectivity index (χ2n) is 5.02. The average molecular weight is 347 g/mol. The molecule has 0 bridgehead atoms. The van der Waals surface area contributed by atoms with Crippen LogP contribution < -0.4 is 20.9 Å². The van der Waals surface area contributed by atoms with Gasteiger partial charge in [0, 0.05) is 37.0 Å². The molecule has 0 saturated carbocycles. The summed E-state index contributed by atoms with van der Waals surface area (Å²) < 4.78 is 37.4. The van der Waals surface area contributed by atoms with Gasteiger partial charge in [0.15, 0.2) is 17.5 Å². The molecule has 4 N–H and O–H groups in total. The third kappa shape index (κ3) is 3.44. The fourth-order valence-corrected chi connectivity index (χ4v) is 2.34. The molecule has 9 heteroatoms. The van der Waals surface area contributed by atoms with E-state index < -0.39 is 6.61 Å². The van der Waals surface area contributed by atoms with Gasteiger partial charge in [-0.15, -0.1) is 0 Å². The van der Waals surface area contributed by atoms with E-state index in [-0.39, 0.29) is 23.3 Å². The minimum absolute atomic E-state index is 0.114. The number of aliphatic imine (C=N–C) groups is 1. The van der Waals surface area contributed by atoms with Crippen LogP contribution in [0.1, 0.15) is 0 Å². The first-order valence-electron chi connectivity index (χ1n) is 7.20. The van der Waals surface area contributed by atoms with Gasteiger partial charge in [0.1, 0.15) is 11.6 Å². The number of hydrogen-bond donors (Lipinski definition) is 2. The molecule has 2 heterocycles. The minimum Gasteiger partial charge on any atom is -0.453 e. The van der Waals surface area contributed by atoms with Crippen LogP contribution in [0.15, 0.2) is 47.7 Å². The van der Waals surface area contributed by atoms with Crippen molar-refractivity contribution in [3.8, 4) is 17.2 Å². The molecule has 0 radical (unpaired) electrons. The van der Waals surface area contributed by atoms with Crippen LogP contribution in [0, 0.1) is 0 Å². The highest BCUT2D eigenvalue weighted by Gasteiger charge is 2.16. The molecule has 130 valence electrons. The molecule has 7 nitrogen and oxygen atoms in total. The van der Waals surface area contributed by atoms with Gasteiger partial charge >= 0.3 is 6.61 Å². The Morgan fingerprint density at radius 2 is 2.04 bits per heavy atom. The first-order valence-corrected chi connectivity index (χ1v) is 7.20. The maximum atomic E-state index is 12.8. The standard InChI is InChI=1S/C16H15F2N5O2/c1-21-16(20)23-5-3-9-6-12(13(8-11(9)23)25-15(17)18)24-10-2-4-22-14(19)7-10/h2-8,15H,1H3,(H2,19,22)(H2,20,21). The van der Waals surface area contributed by atoms with E-state index in [1.54, 1.807) is 29.0 Å². The SMILES string of the molecule is CN=C(N)n1ccc2cc(Oc3ccnc(N)c3)c(OC(F)F)cc21. The van der Waals surface area contributed by atoms with Crippen molar-refractivity contribution in [2.45, 2.75) is 6.61 Å². The summed E-state index contributed by atoms with van der Waals surface area (Å²) >= 11 is 0. The van der Waals surface area contributed by atoms with E-state index in [2.05, 4.69) is 14.7 Å². The molecule has 0 saturated heterocycles. The number of benzene rings is 1. The number of ether oxygens (including phenoxy) is 2. The molecule has 0 amide bonds. The fourth-order valence-electron chi connectivity index (χ4n) is 2.34. The molecule has 0 unspecified atom stereocenters. The number of alkyl halides is 2. The van der Waals surface area contributed by atoms with Crippen molar-refractivity contribution in [2.24, 2.45) is 10.7 Å². The zero-order valence-corrected chi connectivity index (χ0v) is 13.2. The Balaban J connectivity index is 2.10. The van der Waals surface area contributed by atoms with E-state index in [0.29, 0.717) is 16.7 Å². The summed E-state index contributed by atoms with van der Waals surface area (Å²) in [5.41, 5.74) is 12.0. The van der Waals surface area contributed by atoms with Gasteiger partial charge in [0.05, 0.1) is 5.52 Å². The highest BCUT2D eigenvalue weighted by atomic mass is 19.3. The molecular weight excluding hydrogens is 332 g/mol. The van der Waals surface area contributed by atoms with E-state index in [4.69, 9.17) is 16.2 Å². The van der Waals surface area contributed by atoms with Gasteiger partial charge in [-0.25, -0.2) is 4.98 Å². The lowest BCUT2D eigenvalue weighted by atomic mass is 10.2. The Hall–Kier alpha value is -3.36. The van der Waals surface area contributed by atoms with Crippen molar-refractivity contribution >= 4 is 22.7 Å². The van der Waals surface area contributed by atoms with E-state index in [0.717, 1.165) is 0 Å². The smallest absolute Gasteiger partial charge is 0.387 e. The molecule has 0 fully saturated rings. The monoisotopic (exact) mass is 347 g/mol. The normalized spacial score (nSPS) is 11.9. The third-order valence-corrected chi connectivity index (χ3v) is 3.43. The minimum atomic E-state index is -3.01. The first kappa shape index (κ1) is 16.5. The lowest BCUT2D eigenvalue weighted by Gasteiger charge is -2.13. The van der Waals surface area contributed by atoms with Gasteiger partial charge in [-0.3, -0.25) is 9.56 Å². The largest absolute Gasteiger partial charge is 0.453 e. The van der Waals surface area contributed by atoms with Gasteiger partial charge in [-0.05, 0) is 18.2 Å². The summed E-state index contributed by atoms with van der Waals surface area (Å²) in [4.78, 5) is 7.74. The van der Waals surface area contributed by atoms with Crippen LogP contribution in [0.2, 0.25) is 0 Å². The number of pyridine rings is 1. The van der Waals surface area contributed by atoms with Gasteiger partial charge in [-0.2, -0.15) is 8.78 Å². The summed E-state index contributed by atoms with van der Waals surface area (Å²) in [7, 11) is 1.53. The topological polar surface area (TPSA) is 101 Å². The number of nitrogens with zero attached hydrogens (tertiary/aromatic N) is 3. The van der Waals surface area contributed by atoms with Crippen molar-refractivity contribution < 1.29 is 18.3 Å². The highest BCUT2D eigenvalue weighted by molar-refractivity contribution is 5.94. The van der Waals surface area contributed by atoms with E-state index in [1.165, 1.54) is 25.4 Å². The number of anilines is 1. The number of nitrogen functional groups attached to an aromatic ring is 1. The number of nitrogens with two attached hydrogens (primary N) is 2. The van der Waals surface area contributed by atoms with Gasteiger partial charge in [-0.1, -0.05) is 0 Å². The number of aromatic nitrogens is 2. The van der Waals surface area contributed by atoms with Gasteiger partial charge < -0.3 is 20.9 Å². The molecule has 3 rings (SSSR count). The number of rotatable bonds is 4. The lowest BCUT2D eigenvalue weighted by Crippen LogP contribution is -2.20. The summed E-state index contributed by atoms with van der Waals surface area (Å²) in [6.45, 7) is -3.01. The molecule has 3 aromatic rings. The van der Waals surface area contributed by atoms with Crippen molar-refractivity contribution in [1.82, 2.24) is 9.55 Å². The van der Waals surface area contributed by atoms with Crippen LogP contribution in [0.4, 0.5) is 14.6 Å². The molecule has 0 aliphatic heterocycles. The predicted octanol–water partition coefficient (Wildman–Crippen LogP) is 2.80. The van der Waals surface area contributed by atoms with Crippen molar-refractivity contribution in [1.29, 1.82) is 0 Å². The maximum Gasteiger partial charge on any atom is 0.387 e. The number of hydrogen-bond acceptors (Lipinski definition) is 5. The molecule has 0 aliphatic carbocycles. The third-order valence-electron chi connectivity index (χ3n) is 3.43. The van der Waals surface area contributed by atoms with Crippen LogP contribution in [-0.4, -0.2) is 29.2 Å². The van der Waals surface area contributed by atoms with Gasteiger partial charge in [0.25, 0.3) is 0 Å². The van der Waals surface area contributed by atoms with Crippen molar-refractivity contribution in [2.75, 3.05) is 12.8 Å². The van der Waals surface area contributed by atoms with Crippen LogP contribution >= 0.6 is 0 Å². The Bertz CT molecular complexity index is 939. The lowest BCUT2D eigenvalue weighted by molar-refractivity contribution is -0.0509. The van der Waals surface area contributed by atoms with Crippen molar-refractivity contribution in [3.63, 3.8) is 0 Å². The van der Waals surface area contributed by atoms with Crippen LogP contribution in [0.25, 0.3) is 10.9 Å². The predicted molar refractivity (Wildman–Crippen MR) is 90.2 cm³/mol. The fraction of sp³-hybridized carbons (Fsp3) is 0.125. The van der Waals surface area contributed by atoms with Crippen LogP contribution in [0.5, 0.6) is 17.2 Å². The molecule has 0 aliphatic rings.